The molecule has 1 aliphatic heterocycles. The number of carbonyl (C=O) groups excluding carboxylic acids is 1. The summed E-state index contributed by atoms with van der Waals surface area (Å²) in [4.78, 5) is 26.8. The molecule has 8 nitrogen and oxygen atoms in total. The van der Waals surface area contributed by atoms with Crippen LogP contribution in [0, 0.1) is 13.8 Å². The largest absolute Gasteiger partial charge is 0.354 e. The number of rotatable bonds is 5. The normalized spacial score (nSPS) is 15.0. The number of likely N-dealkylation sites (N-methyl/N-ethyl adjacent to an activating group) is 1. The maximum absolute atomic E-state index is 12.9. The van der Waals surface area contributed by atoms with E-state index in [2.05, 4.69) is 37.1 Å². The Morgan fingerprint density at radius 1 is 1.17 bits per heavy atom. The molecular weight excluding hydrogens is 378 g/mol. The molecule has 3 aromatic heterocycles. The average molecular weight is 408 g/mol. The van der Waals surface area contributed by atoms with Gasteiger partial charge < -0.3 is 15.1 Å². The van der Waals surface area contributed by atoms with Crippen molar-refractivity contribution < 1.29 is 4.79 Å². The van der Waals surface area contributed by atoms with Gasteiger partial charge in [0.15, 0.2) is 5.65 Å². The van der Waals surface area contributed by atoms with Crippen LogP contribution in [0.2, 0.25) is 0 Å². The fraction of sp³-hybridized carbons (Fsp3) is 0.455. The van der Waals surface area contributed by atoms with E-state index in [-0.39, 0.29) is 5.91 Å². The Morgan fingerprint density at radius 2 is 1.93 bits per heavy atom. The monoisotopic (exact) mass is 407 g/mol. The summed E-state index contributed by atoms with van der Waals surface area (Å²) in [5, 5.41) is 8.24. The molecule has 8 heteroatoms. The molecule has 30 heavy (non-hydrogen) atoms. The van der Waals surface area contributed by atoms with E-state index < -0.39 is 0 Å². The summed E-state index contributed by atoms with van der Waals surface area (Å²) in [5.41, 5.74) is 3.92. The third-order valence-corrected chi connectivity index (χ3v) is 5.75. The van der Waals surface area contributed by atoms with Gasteiger partial charge in [0.2, 0.25) is 0 Å². The minimum Gasteiger partial charge on any atom is -0.354 e. The molecule has 1 N–H and O–H groups in total. The minimum absolute atomic E-state index is 0.124. The number of fused-ring (bicyclic) bond motifs is 1. The van der Waals surface area contributed by atoms with Gasteiger partial charge in [-0.1, -0.05) is 13.0 Å². The van der Waals surface area contributed by atoms with E-state index in [1.54, 1.807) is 4.68 Å². The van der Waals surface area contributed by atoms with Gasteiger partial charge in [-0.2, -0.15) is 5.10 Å². The molecule has 1 amide bonds. The smallest absolute Gasteiger partial charge is 0.252 e. The Bertz CT molecular complexity index is 1050. The van der Waals surface area contributed by atoms with Gasteiger partial charge in [0, 0.05) is 51.7 Å². The number of nitrogens with one attached hydrogen (secondary N) is 1. The third-order valence-electron chi connectivity index (χ3n) is 5.75. The number of aryl methyl sites for hydroxylation is 3. The maximum atomic E-state index is 12.9. The SMILES string of the molecule is CCN1CCN(c2ccc(CNC(=O)c3cc(C)nc4c3c(C)nn4C)cn2)CC1. The molecule has 158 valence electrons. The fourth-order valence-corrected chi connectivity index (χ4v) is 4.03. The van der Waals surface area contributed by atoms with E-state index >= 15 is 0 Å². The zero-order valence-corrected chi connectivity index (χ0v) is 18.1. The predicted molar refractivity (Wildman–Crippen MR) is 118 cm³/mol. The van der Waals surface area contributed by atoms with E-state index in [4.69, 9.17) is 0 Å². The second kappa shape index (κ2) is 8.39. The number of nitrogens with zero attached hydrogens (tertiary/aromatic N) is 6. The number of pyridine rings is 2. The first-order valence-corrected chi connectivity index (χ1v) is 10.5. The standard InChI is InChI=1S/C22H29N7O/c1-5-28-8-10-29(11-9-28)19-7-6-17(13-23-19)14-24-22(30)18-12-15(2)25-21-20(18)16(3)26-27(21)4/h6-7,12-13H,5,8-11,14H2,1-4H3,(H,24,30). The summed E-state index contributed by atoms with van der Waals surface area (Å²) >= 11 is 0. The number of carbonyl (C=O) groups is 1. The van der Waals surface area contributed by atoms with E-state index in [0.717, 1.165) is 66.5 Å². The van der Waals surface area contributed by atoms with Gasteiger partial charge in [-0.25, -0.2) is 9.97 Å². The highest BCUT2D eigenvalue weighted by molar-refractivity contribution is 6.06. The van der Waals surface area contributed by atoms with E-state index in [1.165, 1.54) is 0 Å². The van der Waals surface area contributed by atoms with Crippen LogP contribution in [0.15, 0.2) is 24.4 Å². The summed E-state index contributed by atoms with van der Waals surface area (Å²) in [6.45, 7) is 11.7. The summed E-state index contributed by atoms with van der Waals surface area (Å²) in [7, 11) is 1.85. The molecule has 4 rings (SSSR count). The van der Waals surface area contributed by atoms with Crippen LogP contribution in [-0.4, -0.2) is 63.3 Å². The zero-order valence-electron chi connectivity index (χ0n) is 18.1. The summed E-state index contributed by atoms with van der Waals surface area (Å²) < 4.78 is 1.72. The molecule has 0 atom stereocenters. The second-order valence-corrected chi connectivity index (χ2v) is 7.85. The first-order valence-electron chi connectivity index (χ1n) is 10.5. The molecule has 1 saturated heterocycles. The van der Waals surface area contributed by atoms with Crippen LogP contribution in [-0.2, 0) is 13.6 Å². The van der Waals surface area contributed by atoms with Gasteiger partial charge in [-0.15, -0.1) is 0 Å². The first-order chi connectivity index (χ1) is 14.5. The highest BCUT2D eigenvalue weighted by Crippen LogP contribution is 2.22. The second-order valence-electron chi connectivity index (χ2n) is 7.85. The molecule has 1 aliphatic rings. The van der Waals surface area contributed by atoms with Gasteiger partial charge >= 0.3 is 0 Å². The molecule has 0 spiro atoms. The average Bonchev–Trinajstić information content (AvgIpc) is 3.05. The van der Waals surface area contributed by atoms with Crippen molar-refractivity contribution in [1.82, 2.24) is 30.0 Å². The number of hydrogen-bond acceptors (Lipinski definition) is 6. The number of anilines is 1. The fourth-order valence-electron chi connectivity index (χ4n) is 4.03. The lowest BCUT2D eigenvalue weighted by Gasteiger charge is -2.34. The Hall–Kier alpha value is -3.00. The molecule has 0 radical (unpaired) electrons. The first kappa shape index (κ1) is 20.3. The molecular formula is C22H29N7O. The van der Waals surface area contributed by atoms with Gasteiger partial charge in [0.1, 0.15) is 5.82 Å². The number of piperazine rings is 1. The molecule has 1 fully saturated rings. The third kappa shape index (κ3) is 4.00. The Morgan fingerprint density at radius 3 is 2.60 bits per heavy atom. The van der Waals surface area contributed by atoms with Crippen LogP contribution >= 0.6 is 0 Å². The van der Waals surface area contributed by atoms with Crippen LogP contribution in [0.3, 0.4) is 0 Å². The van der Waals surface area contributed by atoms with Crippen molar-refractivity contribution >= 4 is 22.8 Å². The van der Waals surface area contributed by atoms with E-state index in [9.17, 15) is 4.79 Å². The molecule has 0 unspecified atom stereocenters. The summed E-state index contributed by atoms with van der Waals surface area (Å²) in [5.74, 6) is 0.875. The molecule has 0 bridgehead atoms. The molecule has 0 saturated carbocycles. The molecule has 3 aromatic rings. The van der Waals surface area contributed by atoms with E-state index in [1.807, 2.05) is 45.3 Å². The van der Waals surface area contributed by atoms with Crippen molar-refractivity contribution in [3.63, 3.8) is 0 Å². The van der Waals surface area contributed by atoms with Crippen molar-refractivity contribution in [2.75, 3.05) is 37.6 Å². The lowest BCUT2D eigenvalue weighted by Crippen LogP contribution is -2.46. The number of amides is 1. The summed E-state index contributed by atoms with van der Waals surface area (Å²) in [6, 6.07) is 5.91. The predicted octanol–water partition coefficient (Wildman–Crippen LogP) is 2.05. The highest BCUT2D eigenvalue weighted by Gasteiger charge is 2.18. The van der Waals surface area contributed by atoms with Gasteiger partial charge in [-0.05, 0) is 38.1 Å². The number of aromatic nitrogens is 4. The van der Waals surface area contributed by atoms with Crippen LogP contribution in [0.4, 0.5) is 5.82 Å². The van der Waals surface area contributed by atoms with Crippen LogP contribution < -0.4 is 10.2 Å². The zero-order chi connectivity index (χ0) is 21.3. The van der Waals surface area contributed by atoms with Crippen molar-refractivity contribution in [1.29, 1.82) is 0 Å². The van der Waals surface area contributed by atoms with Crippen molar-refractivity contribution in [2.24, 2.45) is 7.05 Å². The van der Waals surface area contributed by atoms with Crippen LogP contribution in [0.1, 0.15) is 34.2 Å². The molecule has 4 heterocycles. The highest BCUT2D eigenvalue weighted by atomic mass is 16.1. The van der Waals surface area contributed by atoms with Gasteiger partial charge in [-0.3, -0.25) is 9.48 Å². The quantitative estimate of drug-likeness (QED) is 0.697. The van der Waals surface area contributed by atoms with Gasteiger partial charge in [0.05, 0.1) is 16.6 Å². The maximum Gasteiger partial charge on any atom is 0.252 e. The van der Waals surface area contributed by atoms with Gasteiger partial charge in [0.25, 0.3) is 5.91 Å². The topological polar surface area (TPSA) is 79.2 Å². The minimum atomic E-state index is -0.124. The Kier molecular flexibility index (Phi) is 5.67. The molecule has 0 aliphatic carbocycles. The van der Waals surface area contributed by atoms with Crippen LogP contribution in [0.5, 0.6) is 0 Å². The lowest BCUT2D eigenvalue weighted by atomic mass is 10.1. The Balaban J connectivity index is 1.43. The van der Waals surface area contributed by atoms with Crippen molar-refractivity contribution in [3.05, 3.63) is 46.9 Å². The number of hydrogen-bond donors (Lipinski definition) is 1. The van der Waals surface area contributed by atoms with E-state index in [0.29, 0.717) is 12.1 Å². The van der Waals surface area contributed by atoms with Crippen molar-refractivity contribution in [2.45, 2.75) is 27.3 Å². The lowest BCUT2D eigenvalue weighted by molar-refractivity contribution is 0.0952. The van der Waals surface area contributed by atoms with Crippen LogP contribution in [0.25, 0.3) is 11.0 Å². The van der Waals surface area contributed by atoms with Crippen molar-refractivity contribution in [3.8, 4) is 0 Å². The molecule has 0 aromatic carbocycles. The Labute approximate surface area is 176 Å². The summed E-state index contributed by atoms with van der Waals surface area (Å²) in [6.07, 6.45) is 1.85.